The maximum Gasteiger partial charge on any atom is 0.0854 e. The van der Waals surface area contributed by atoms with Gasteiger partial charge < -0.3 is 10.5 Å². The molecule has 1 aliphatic rings. The van der Waals surface area contributed by atoms with Gasteiger partial charge in [0.1, 0.15) is 0 Å². The minimum Gasteiger partial charge on any atom is -0.396 e. The van der Waals surface area contributed by atoms with Crippen LogP contribution in [0.25, 0.3) is 0 Å². The summed E-state index contributed by atoms with van der Waals surface area (Å²) in [6, 6.07) is 0. The summed E-state index contributed by atoms with van der Waals surface area (Å²) in [6.07, 6.45) is 4.32. The molecule has 1 aromatic heterocycles. The second-order valence-corrected chi connectivity index (χ2v) is 5.73. The normalized spacial score (nSPS) is 22.6. The molecule has 0 radical (unpaired) electrons. The van der Waals surface area contributed by atoms with Gasteiger partial charge in [0.05, 0.1) is 35.3 Å². The average Bonchev–Trinajstić information content (AvgIpc) is 2.79. The molecule has 0 bridgehead atoms. The van der Waals surface area contributed by atoms with Crippen LogP contribution in [-0.2, 0) is 24.1 Å². The van der Waals surface area contributed by atoms with Gasteiger partial charge in [-0.25, -0.2) is 0 Å². The first-order chi connectivity index (χ1) is 8.46. The van der Waals surface area contributed by atoms with Crippen molar-refractivity contribution in [3.63, 3.8) is 0 Å². The Hall–Kier alpha value is -1.03. The van der Waals surface area contributed by atoms with Crippen LogP contribution in [-0.4, -0.2) is 21.5 Å². The van der Waals surface area contributed by atoms with Gasteiger partial charge >= 0.3 is 0 Å². The highest BCUT2D eigenvalue weighted by Crippen LogP contribution is 2.31. The summed E-state index contributed by atoms with van der Waals surface area (Å²) in [5.41, 5.74) is 9.19. The van der Waals surface area contributed by atoms with Gasteiger partial charge in [0.25, 0.3) is 0 Å². The molecule has 2 N–H and O–H groups in total. The van der Waals surface area contributed by atoms with Crippen LogP contribution in [0, 0.1) is 0 Å². The zero-order valence-corrected chi connectivity index (χ0v) is 12.0. The Labute approximate surface area is 110 Å². The summed E-state index contributed by atoms with van der Waals surface area (Å²) < 4.78 is 8.09. The maximum absolute atomic E-state index is 6.13. The second-order valence-electron chi connectivity index (χ2n) is 5.73. The molecule has 1 fully saturated rings. The van der Waals surface area contributed by atoms with Crippen molar-refractivity contribution in [1.29, 1.82) is 0 Å². The first-order valence-electron chi connectivity index (χ1n) is 6.98. The highest BCUT2D eigenvalue weighted by Gasteiger charge is 2.32. The Balaban J connectivity index is 2.14. The number of anilines is 1. The number of aromatic nitrogens is 2. The molecule has 0 aliphatic carbocycles. The zero-order chi connectivity index (χ0) is 13.3. The van der Waals surface area contributed by atoms with Gasteiger partial charge in [0.2, 0.25) is 0 Å². The van der Waals surface area contributed by atoms with Gasteiger partial charge in [0.15, 0.2) is 0 Å². The monoisotopic (exact) mass is 251 g/mol. The van der Waals surface area contributed by atoms with E-state index in [1.54, 1.807) is 0 Å². The molecular formula is C14H25N3O. The van der Waals surface area contributed by atoms with Crippen molar-refractivity contribution >= 4 is 5.69 Å². The molecule has 1 saturated heterocycles. The molecule has 1 aromatic rings. The van der Waals surface area contributed by atoms with E-state index in [4.69, 9.17) is 10.5 Å². The van der Waals surface area contributed by atoms with Crippen molar-refractivity contribution in [2.75, 3.05) is 5.73 Å². The number of nitrogen functional groups attached to an aromatic ring is 1. The smallest absolute Gasteiger partial charge is 0.0854 e. The molecule has 102 valence electrons. The molecule has 1 aliphatic heterocycles. The Morgan fingerprint density at radius 1 is 1.39 bits per heavy atom. The van der Waals surface area contributed by atoms with Crippen LogP contribution in [0.5, 0.6) is 0 Å². The third-order valence-corrected chi connectivity index (χ3v) is 3.78. The van der Waals surface area contributed by atoms with Gasteiger partial charge in [-0.3, -0.25) is 4.68 Å². The first kappa shape index (κ1) is 13.4. The minimum atomic E-state index is 0.0172. The molecule has 0 saturated carbocycles. The standard InChI is InChI=1S/C14H25N3O/c1-5-11-13(15)12(6-2)17(16-11)9-10-7-8-14(3,4)18-10/h10H,5-9,15H2,1-4H3. The summed E-state index contributed by atoms with van der Waals surface area (Å²) in [4.78, 5) is 0. The van der Waals surface area contributed by atoms with Crippen LogP contribution < -0.4 is 5.73 Å². The molecule has 2 rings (SSSR count). The van der Waals surface area contributed by atoms with Crippen LogP contribution in [0.3, 0.4) is 0 Å². The second kappa shape index (κ2) is 4.92. The molecule has 0 spiro atoms. The number of hydrogen-bond donors (Lipinski definition) is 1. The summed E-state index contributed by atoms with van der Waals surface area (Å²) >= 11 is 0. The third kappa shape index (κ3) is 2.53. The Kier molecular flexibility index (Phi) is 3.66. The zero-order valence-electron chi connectivity index (χ0n) is 12.0. The van der Waals surface area contributed by atoms with E-state index < -0.39 is 0 Å². The number of nitrogens with zero attached hydrogens (tertiary/aromatic N) is 2. The molecule has 0 aromatic carbocycles. The van der Waals surface area contributed by atoms with Crippen molar-refractivity contribution in [3.8, 4) is 0 Å². The number of ether oxygens (including phenoxy) is 1. The Morgan fingerprint density at radius 3 is 2.61 bits per heavy atom. The van der Waals surface area contributed by atoms with Crippen molar-refractivity contribution in [3.05, 3.63) is 11.4 Å². The van der Waals surface area contributed by atoms with Gasteiger partial charge in [-0.1, -0.05) is 13.8 Å². The van der Waals surface area contributed by atoms with Crippen LogP contribution >= 0.6 is 0 Å². The van der Waals surface area contributed by atoms with E-state index in [-0.39, 0.29) is 11.7 Å². The molecule has 18 heavy (non-hydrogen) atoms. The molecule has 0 amide bonds. The van der Waals surface area contributed by atoms with Gasteiger partial charge in [-0.15, -0.1) is 0 Å². The lowest BCUT2D eigenvalue weighted by molar-refractivity contribution is -0.0232. The van der Waals surface area contributed by atoms with E-state index >= 15 is 0 Å². The number of rotatable bonds is 4. The van der Waals surface area contributed by atoms with Gasteiger partial charge in [-0.2, -0.15) is 5.10 Å². The summed E-state index contributed by atoms with van der Waals surface area (Å²) in [6.45, 7) is 9.36. The average molecular weight is 251 g/mol. The highest BCUT2D eigenvalue weighted by molar-refractivity contribution is 5.48. The fourth-order valence-corrected chi connectivity index (χ4v) is 2.75. The molecular weight excluding hydrogens is 226 g/mol. The quantitative estimate of drug-likeness (QED) is 0.894. The van der Waals surface area contributed by atoms with E-state index in [2.05, 4.69) is 37.5 Å². The minimum absolute atomic E-state index is 0.0172. The third-order valence-electron chi connectivity index (χ3n) is 3.78. The lowest BCUT2D eigenvalue weighted by Gasteiger charge is -2.19. The number of nitrogens with two attached hydrogens (primary N) is 1. The summed E-state index contributed by atoms with van der Waals surface area (Å²) in [5.74, 6) is 0. The lowest BCUT2D eigenvalue weighted by Crippen LogP contribution is -2.24. The van der Waals surface area contributed by atoms with Crippen LogP contribution in [0.4, 0.5) is 5.69 Å². The Bertz CT molecular complexity index is 423. The van der Waals surface area contributed by atoms with E-state index in [1.165, 1.54) is 0 Å². The largest absolute Gasteiger partial charge is 0.396 e. The van der Waals surface area contributed by atoms with E-state index in [9.17, 15) is 0 Å². The Morgan fingerprint density at radius 2 is 2.11 bits per heavy atom. The summed E-state index contributed by atoms with van der Waals surface area (Å²) in [5, 5.41) is 4.62. The number of aryl methyl sites for hydroxylation is 1. The van der Waals surface area contributed by atoms with Crippen LogP contribution in [0.15, 0.2) is 0 Å². The van der Waals surface area contributed by atoms with Crippen LogP contribution in [0.2, 0.25) is 0 Å². The maximum atomic E-state index is 6.13. The van der Waals surface area contributed by atoms with Crippen molar-refractivity contribution < 1.29 is 4.74 Å². The van der Waals surface area contributed by atoms with E-state index in [1.807, 2.05) is 0 Å². The van der Waals surface area contributed by atoms with Crippen molar-refractivity contribution in [2.45, 2.75) is 71.6 Å². The molecule has 1 atom stereocenters. The highest BCUT2D eigenvalue weighted by atomic mass is 16.5. The topological polar surface area (TPSA) is 53.1 Å². The fraction of sp³-hybridized carbons (Fsp3) is 0.786. The van der Waals surface area contributed by atoms with Crippen molar-refractivity contribution in [2.24, 2.45) is 0 Å². The molecule has 2 heterocycles. The van der Waals surface area contributed by atoms with Crippen LogP contribution in [0.1, 0.15) is 51.9 Å². The first-order valence-corrected chi connectivity index (χ1v) is 6.98. The molecule has 1 unspecified atom stereocenters. The fourth-order valence-electron chi connectivity index (χ4n) is 2.75. The number of hydrogen-bond acceptors (Lipinski definition) is 3. The summed E-state index contributed by atoms with van der Waals surface area (Å²) in [7, 11) is 0. The van der Waals surface area contributed by atoms with Crippen molar-refractivity contribution in [1.82, 2.24) is 9.78 Å². The lowest BCUT2D eigenvalue weighted by atomic mass is 10.1. The SMILES string of the molecule is CCc1nn(CC2CCC(C)(C)O2)c(CC)c1N. The van der Waals surface area contributed by atoms with E-state index in [0.29, 0.717) is 0 Å². The molecule has 4 heteroatoms. The predicted octanol–water partition coefficient (Wildman–Crippen LogP) is 2.55. The molecule has 4 nitrogen and oxygen atoms in total. The van der Waals surface area contributed by atoms with E-state index in [0.717, 1.165) is 49.3 Å². The predicted molar refractivity (Wildman–Crippen MR) is 73.6 cm³/mol. The van der Waals surface area contributed by atoms with Gasteiger partial charge in [-0.05, 0) is 39.5 Å². The van der Waals surface area contributed by atoms with Gasteiger partial charge in [0, 0.05) is 0 Å².